The molecule has 20 heavy (non-hydrogen) atoms. The number of benzene rings is 1. The van der Waals surface area contributed by atoms with Crippen molar-refractivity contribution in [3.05, 3.63) is 40.9 Å². The molecular weight excluding hydrogens is 272 g/mol. The van der Waals surface area contributed by atoms with E-state index in [9.17, 15) is 0 Å². The van der Waals surface area contributed by atoms with Crippen molar-refractivity contribution in [1.82, 2.24) is 10.3 Å². The van der Waals surface area contributed by atoms with Crippen LogP contribution in [-0.2, 0) is 6.42 Å². The predicted octanol–water partition coefficient (Wildman–Crippen LogP) is 4.24. The van der Waals surface area contributed by atoms with E-state index in [0.717, 1.165) is 55.1 Å². The van der Waals surface area contributed by atoms with Crippen molar-refractivity contribution in [3.8, 4) is 11.3 Å². The average Bonchev–Trinajstić information content (AvgIpc) is 2.90. The zero-order valence-electron chi connectivity index (χ0n) is 12.1. The first kappa shape index (κ1) is 15.1. The molecule has 3 nitrogen and oxygen atoms in total. The number of nitrogens with one attached hydrogen (secondary N) is 1. The van der Waals surface area contributed by atoms with E-state index in [1.165, 1.54) is 0 Å². The third-order valence-electron chi connectivity index (χ3n) is 3.19. The van der Waals surface area contributed by atoms with Gasteiger partial charge in [-0.05, 0) is 50.6 Å². The summed E-state index contributed by atoms with van der Waals surface area (Å²) < 4.78 is 5.81. The van der Waals surface area contributed by atoms with E-state index in [2.05, 4.69) is 17.2 Å². The molecule has 0 atom stereocenters. The van der Waals surface area contributed by atoms with E-state index < -0.39 is 0 Å². The molecule has 0 spiro atoms. The van der Waals surface area contributed by atoms with E-state index in [4.69, 9.17) is 16.0 Å². The number of halogens is 1. The molecule has 2 rings (SSSR count). The van der Waals surface area contributed by atoms with E-state index in [-0.39, 0.29) is 0 Å². The van der Waals surface area contributed by atoms with Gasteiger partial charge in [-0.25, -0.2) is 4.98 Å². The van der Waals surface area contributed by atoms with Crippen molar-refractivity contribution in [2.24, 2.45) is 0 Å². The molecule has 0 aliphatic rings. The van der Waals surface area contributed by atoms with Crippen LogP contribution < -0.4 is 5.32 Å². The van der Waals surface area contributed by atoms with Crippen LogP contribution in [0.3, 0.4) is 0 Å². The molecule has 1 aromatic heterocycles. The summed E-state index contributed by atoms with van der Waals surface area (Å²) in [5.74, 6) is 1.58. The van der Waals surface area contributed by atoms with E-state index in [1.807, 2.05) is 25.1 Å². The topological polar surface area (TPSA) is 38.1 Å². The minimum atomic E-state index is 0.715. The molecule has 0 radical (unpaired) electrons. The lowest BCUT2D eigenvalue weighted by atomic mass is 10.1. The number of hydrogen-bond donors (Lipinski definition) is 1. The summed E-state index contributed by atoms with van der Waals surface area (Å²) in [6.45, 7) is 6.28. The van der Waals surface area contributed by atoms with Crippen LogP contribution in [0.25, 0.3) is 11.3 Å². The Labute approximate surface area is 125 Å². The van der Waals surface area contributed by atoms with Gasteiger partial charge in [0, 0.05) is 17.0 Å². The lowest BCUT2D eigenvalue weighted by Crippen LogP contribution is -2.16. The quantitative estimate of drug-likeness (QED) is 0.776. The first-order valence-corrected chi connectivity index (χ1v) is 7.50. The molecule has 0 saturated heterocycles. The molecule has 0 aliphatic carbocycles. The number of oxazole rings is 1. The van der Waals surface area contributed by atoms with Crippen LogP contribution in [0.4, 0.5) is 0 Å². The molecule has 2 aromatic rings. The van der Waals surface area contributed by atoms with Gasteiger partial charge in [0.05, 0.1) is 6.20 Å². The van der Waals surface area contributed by atoms with Gasteiger partial charge >= 0.3 is 0 Å². The smallest absolute Gasteiger partial charge is 0.194 e. The zero-order chi connectivity index (χ0) is 14.4. The van der Waals surface area contributed by atoms with Crippen LogP contribution in [0, 0.1) is 6.92 Å². The number of nitrogens with zero attached hydrogens (tertiary/aromatic N) is 1. The van der Waals surface area contributed by atoms with Crippen molar-refractivity contribution < 1.29 is 4.42 Å². The summed E-state index contributed by atoms with van der Waals surface area (Å²) >= 11 is 6.04. The number of hydrogen-bond acceptors (Lipinski definition) is 3. The molecule has 108 valence electrons. The van der Waals surface area contributed by atoms with Crippen molar-refractivity contribution in [2.75, 3.05) is 13.1 Å². The minimum Gasteiger partial charge on any atom is -0.441 e. The second kappa shape index (κ2) is 7.46. The predicted molar refractivity (Wildman–Crippen MR) is 83.2 cm³/mol. The van der Waals surface area contributed by atoms with Gasteiger partial charge in [0.25, 0.3) is 0 Å². The Morgan fingerprint density at radius 2 is 2.15 bits per heavy atom. The highest BCUT2D eigenvalue weighted by atomic mass is 35.5. The Kier molecular flexibility index (Phi) is 5.62. The third kappa shape index (κ3) is 4.09. The first-order chi connectivity index (χ1) is 9.70. The maximum absolute atomic E-state index is 6.04. The second-order valence-electron chi connectivity index (χ2n) is 4.93. The Morgan fingerprint density at radius 1 is 1.30 bits per heavy atom. The van der Waals surface area contributed by atoms with Crippen molar-refractivity contribution >= 4 is 11.6 Å². The summed E-state index contributed by atoms with van der Waals surface area (Å²) in [6.07, 6.45) is 4.84. The molecular formula is C16H21ClN2O. The summed E-state index contributed by atoms with van der Waals surface area (Å²) in [6, 6.07) is 5.80. The SMILES string of the molecule is CCCNCCCc1ncc(-c2cc(Cl)ccc2C)o1. The Morgan fingerprint density at radius 3 is 2.95 bits per heavy atom. The third-order valence-corrected chi connectivity index (χ3v) is 3.42. The fraction of sp³-hybridized carbons (Fsp3) is 0.438. The fourth-order valence-corrected chi connectivity index (χ4v) is 2.25. The molecule has 0 saturated carbocycles. The molecule has 0 fully saturated rings. The summed E-state index contributed by atoms with van der Waals surface area (Å²) in [4.78, 5) is 4.34. The second-order valence-corrected chi connectivity index (χ2v) is 5.37. The number of aryl methyl sites for hydroxylation is 2. The lowest BCUT2D eigenvalue weighted by Gasteiger charge is -2.02. The van der Waals surface area contributed by atoms with Crippen molar-refractivity contribution in [1.29, 1.82) is 0 Å². The standard InChI is InChI=1S/C16H21ClN2O/c1-3-8-18-9-4-5-16-19-11-15(20-16)14-10-13(17)7-6-12(14)2/h6-7,10-11,18H,3-5,8-9H2,1-2H3. The maximum atomic E-state index is 6.04. The Balaban J connectivity index is 1.96. The summed E-state index contributed by atoms with van der Waals surface area (Å²) in [5.41, 5.74) is 2.15. The molecule has 0 aliphatic heterocycles. The molecule has 0 bridgehead atoms. The summed E-state index contributed by atoms with van der Waals surface area (Å²) in [7, 11) is 0. The van der Waals surface area contributed by atoms with Gasteiger partial charge in [-0.15, -0.1) is 0 Å². The monoisotopic (exact) mass is 292 g/mol. The highest BCUT2D eigenvalue weighted by Gasteiger charge is 2.09. The van der Waals surface area contributed by atoms with Gasteiger partial charge in [0.1, 0.15) is 0 Å². The highest BCUT2D eigenvalue weighted by molar-refractivity contribution is 6.30. The van der Waals surface area contributed by atoms with Crippen LogP contribution >= 0.6 is 11.6 Å². The van der Waals surface area contributed by atoms with Gasteiger partial charge in [-0.2, -0.15) is 0 Å². The molecule has 1 heterocycles. The van der Waals surface area contributed by atoms with E-state index >= 15 is 0 Å². The first-order valence-electron chi connectivity index (χ1n) is 7.12. The molecule has 4 heteroatoms. The van der Waals surface area contributed by atoms with Gasteiger partial charge < -0.3 is 9.73 Å². The van der Waals surface area contributed by atoms with Crippen LogP contribution in [0.5, 0.6) is 0 Å². The van der Waals surface area contributed by atoms with Crippen LogP contribution in [-0.4, -0.2) is 18.1 Å². The number of rotatable bonds is 7. The largest absolute Gasteiger partial charge is 0.441 e. The lowest BCUT2D eigenvalue weighted by molar-refractivity contribution is 0.491. The van der Waals surface area contributed by atoms with Crippen LogP contribution in [0.15, 0.2) is 28.8 Å². The van der Waals surface area contributed by atoms with Crippen LogP contribution in [0.2, 0.25) is 5.02 Å². The number of aromatic nitrogens is 1. The molecule has 0 amide bonds. The fourth-order valence-electron chi connectivity index (χ4n) is 2.08. The van der Waals surface area contributed by atoms with Crippen molar-refractivity contribution in [2.45, 2.75) is 33.1 Å². The van der Waals surface area contributed by atoms with Crippen LogP contribution in [0.1, 0.15) is 31.2 Å². The molecule has 1 aromatic carbocycles. The van der Waals surface area contributed by atoms with Crippen molar-refractivity contribution in [3.63, 3.8) is 0 Å². The zero-order valence-corrected chi connectivity index (χ0v) is 12.8. The average molecular weight is 293 g/mol. The maximum Gasteiger partial charge on any atom is 0.194 e. The van der Waals surface area contributed by atoms with E-state index in [1.54, 1.807) is 6.20 Å². The molecule has 1 N–H and O–H groups in total. The van der Waals surface area contributed by atoms with Gasteiger partial charge in [0.2, 0.25) is 0 Å². The summed E-state index contributed by atoms with van der Waals surface area (Å²) in [5, 5.41) is 4.09. The Hall–Kier alpha value is -1.32. The van der Waals surface area contributed by atoms with E-state index in [0.29, 0.717) is 5.02 Å². The highest BCUT2D eigenvalue weighted by Crippen LogP contribution is 2.27. The van der Waals surface area contributed by atoms with Gasteiger partial charge in [-0.1, -0.05) is 24.6 Å². The molecule has 0 unspecified atom stereocenters. The normalized spacial score (nSPS) is 10.9. The van der Waals surface area contributed by atoms with Gasteiger partial charge in [0.15, 0.2) is 11.7 Å². The van der Waals surface area contributed by atoms with Gasteiger partial charge in [-0.3, -0.25) is 0 Å². The minimum absolute atomic E-state index is 0.715. The Bertz CT molecular complexity index is 551.